The number of likely N-dealkylation sites (N-methyl/N-ethyl adjacent to an activating group) is 1. The molecule has 1 N–H and O–H groups in total. The maximum absolute atomic E-state index is 5.66. The van der Waals surface area contributed by atoms with Gasteiger partial charge in [-0.05, 0) is 52.7 Å². The van der Waals surface area contributed by atoms with Gasteiger partial charge in [0.2, 0.25) is 0 Å². The van der Waals surface area contributed by atoms with Gasteiger partial charge in [-0.3, -0.25) is 4.90 Å². The van der Waals surface area contributed by atoms with E-state index in [9.17, 15) is 0 Å². The third-order valence-corrected chi connectivity index (χ3v) is 4.22. The van der Waals surface area contributed by atoms with Gasteiger partial charge in [-0.1, -0.05) is 13.8 Å². The second-order valence-corrected chi connectivity index (χ2v) is 5.52. The summed E-state index contributed by atoms with van der Waals surface area (Å²) in [6, 6.07) is 1.20. The molecule has 1 aliphatic rings. The van der Waals surface area contributed by atoms with Crippen LogP contribution in [0.2, 0.25) is 0 Å². The highest BCUT2D eigenvalue weighted by Gasteiger charge is 2.31. The van der Waals surface area contributed by atoms with Crippen LogP contribution in [0, 0.1) is 5.92 Å². The van der Waals surface area contributed by atoms with Gasteiger partial charge >= 0.3 is 0 Å². The Kier molecular flexibility index (Phi) is 6.45. The minimum Gasteiger partial charge on any atom is -0.377 e. The van der Waals surface area contributed by atoms with Crippen LogP contribution >= 0.6 is 0 Å². The van der Waals surface area contributed by atoms with Crippen LogP contribution in [0.3, 0.4) is 0 Å². The summed E-state index contributed by atoms with van der Waals surface area (Å²) in [6.07, 6.45) is 2.78. The number of hydrogen-bond acceptors (Lipinski definition) is 3. The minimum absolute atomic E-state index is 0.387. The van der Waals surface area contributed by atoms with Crippen LogP contribution in [0.15, 0.2) is 0 Å². The van der Waals surface area contributed by atoms with Gasteiger partial charge in [0.1, 0.15) is 0 Å². The van der Waals surface area contributed by atoms with Crippen molar-refractivity contribution in [2.45, 2.75) is 58.7 Å². The maximum atomic E-state index is 5.66. The van der Waals surface area contributed by atoms with Crippen molar-refractivity contribution < 1.29 is 4.74 Å². The van der Waals surface area contributed by atoms with Crippen LogP contribution in [-0.2, 0) is 4.74 Å². The fraction of sp³-hybridized carbons (Fsp3) is 1.00. The molecule has 0 radical (unpaired) electrons. The second kappa shape index (κ2) is 7.34. The monoisotopic (exact) mass is 242 g/mol. The SMILES string of the molecule is CCCNCC(C)C(C)N(C)C1CCOC1C. The van der Waals surface area contributed by atoms with Crippen LogP contribution in [0.1, 0.15) is 40.5 Å². The number of nitrogens with one attached hydrogen (secondary N) is 1. The molecule has 0 aliphatic carbocycles. The molecule has 102 valence electrons. The molecule has 0 saturated carbocycles. The fourth-order valence-corrected chi connectivity index (χ4v) is 2.64. The van der Waals surface area contributed by atoms with Gasteiger partial charge in [-0.2, -0.15) is 0 Å². The lowest BCUT2D eigenvalue weighted by Gasteiger charge is -2.35. The van der Waals surface area contributed by atoms with Crippen LogP contribution in [-0.4, -0.2) is 49.8 Å². The van der Waals surface area contributed by atoms with Crippen molar-refractivity contribution in [2.24, 2.45) is 5.92 Å². The Morgan fingerprint density at radius 1 is 1.41 bits per heavy atom. The summed E-state index contributed by atoms with van der Waals surface area (Å²) in [5, 5.41) is 3.51. The third-order valence-electron chi connectivity index (χ3n) is 4.22. The summed E-state index contributed by atoms with van der Waals surface area (Å²) >= 11 is 0. The van der Waals surface area contributed by atoms with Gasteiger partial charge in [-0.15, -0.1) is 0 Å². The molecule has 1 fully saturated rings. The number of rotatable bonds is 7. The largest absolute Gasteiger partial charge is 0.377 e. The van der Waals surface area contributed by atoms with E-state index in [1.54, 1.807) is 0 Å². The van der Waals surface area contributed by atoms with Gasteiger partial charge in [0.25, 0.3) is 0 Å². The van der Waals surface area contributed by atoms with Crippen molar-refractivity contribution in [3.63, 3.8) is 0 Å². The second-order valence-electron chi connectivity index (χ2n) is 5.52. The van der Waals surface area contributed by atoms with Crippen LogP contribution < -0.4 is 5.32 Å². The van der Waals surface area contributed by atoms with Crippen molar-refractivity contribution in [1.82, 2.24) is 10.2 Å². The first kappa shape index (κ1) is 14.9. The molecule has 1 rings (SSSR count). The van der Waals surface area contributed by atoms with E-state index >= 15 is 0 Å². The zero-order chi connectivity index (χ0) is 12.8. The predicted molar refractivity (Wildman–Crippen MR) is 73.4 cm³/mol. The molecule has 0 bridgehead atoms. The van der Waals surface area contributed by atoms with Crippen LogP contribution in [0.25, 0.3) is 0 Å². The first-order valence-corrected chi connectivity index (χ1v) is 7.12. The molecule has 3 nitrogen and oxygen atoms in total. The van der Waals surface area contributed by atoms with Gasteiger partial charge in [0.05, 0.1) is 6.10 Å². The average Bonchev–Trinajstić information content (AvgIpc) is 2.73. The summed E-state index contributed by atoms with van der Waals surface area (Å²) in [4.78, 5) is 2.51. The lowest BCUT2D eigenvalue weighted by atomic mass is 9.99. The van der Waals surface area contributed by atoms with Crippen molar-refractivity contribution in [2.75, 3.05) is 26.7 Å². The van der Waals surface area contributed by atoms with Gasteiger partial charge in [0.15, 0.2) is 0 Å². The number of hydrogen-bond donors (Lipinski definition) is 1. The highest BCUT2D eigenvalue weighted by Crippen LogP contribution is 2.22. The van der Waals surface area contributed by atoms with E-state index in [4.69, 9.17) is 4.74 Å². The summed E-state index contributed by atoms with van der Waals surface area (Å²) in [6.45, 7) is 12.2. The Bertz CT molecular complexity index is 210. The molecule has 17 heavy (non-hydrogen) atoms. The summed E-state index contributed by atoms with van der Waals surface area (Å²) < 4.78 is 5.66. The molecule has 0 aromatic heterocycles. The van der Waals surface area contributed by atoms with Crippen molar-refractivity contribution in [1.29, 1.82) is 0 Å². The molecular formula is C14H30N2O. The standard InChI is InChI=1S/C14H30N2O/c1-6-8-15-10-11(2)12(3)16(5)14-7-9-17-13(14)4/h11-15H,6-10H2,1-5H3. The summed E-state index contributed by atoms with van der Waals surface area (Å²) in [5.74, 6) is 0.680. The third kappa shape index (κ3) is 4.23. The summed E-state index contributed by atoms with van der Waals surface area (Å²) in [7, 11) is 2.25. The van der Waals surface area contributed by atoms with E-state index in [1.807, 2.05) is 0 Å². The van der Waals surface area contributed by atoms with Crippen LogP contribution in [0.5, 0.6) is 0 Å². The molecule has 4 atom stereocenters. The van der Waals surface area contributed by atoms with E-state index in [0.717, 1.165) is 19.7 Å². The highest BCUT2D eigenvalue weighted by molar-refractivity contribution is 4.85. The normalized spacial score (nSPS) is 28.6. The molecule has 1 heterocycles. The molecule has 1 saturated heterocycles. The molecule has 0 spiro atoms. The van der Waals surface area contributed by atoms with E-state index in [2.05, 4.69) is 45.0 Å². The minimum atomic E-state index is 0.387. The smallest absolute Gasteiger partial charge is 0.0703 e. The summed E-state index contributed by atoms with van der Waals surface area (Å²) in [5.41, 5.74) is 0. The highest BCUT2D eigenvalue weighted by atomic mass is 16.5. The predicted octanol–water partition coefficient (Wildman–Crippen LogP) is 2.12. The quantitative estimate of drug-likeness (QED) is 0.692. The Hall–Kier alpha value is -0.120. The van der Waals surface area contributed by atoms with E-state index in [-0.39, 0.29) is 0 Å². The molecular weight excluding hydrogens is 212 g/mol. The average molecular weight is 242 g/mol. The molecule has 0 aromatic rings. The van der Waals surface area contributed by atoms with E-state index in [1.165, 1.54) is 12.8 Å². The first-order chi connectivity index (χ1) is 8.07. The molecule has 3 heteroatoms. The van der Waals surface area contributed by atoms with E-state index < -0.39 is 0 Å². The molecule has 4 unspecified atom stereocenters. The topological polar surface area (TPSA) is 24.5 Å². The first-order valence-electron chi connectivity index (χ1n) is 7.12. The van der Waals surface area contributed by atoms with Gasteiger partial charge < -0.3 is 10.1 Å². The molecule has 0 amide bonds. The number of nitrogens with zero attached hydrogens (tertiary/aromatic N) is 1. The van der Waals surface area contributed by atoms with Gasteiger partial charge in [0, 0.05) is 18.7 Å². The van der Waals surface area contributed by atoms with Crippen molar-refractivity contribution in [3.8, 4) is 0 Å². The lowest BCUT2D eigenvalue weighted by molar-refractivity contribution is 0.0593. The Labute approximate surface area is 107 Å². The Balaban J connectivity index is 2.36. The van der Waals surface area contributed by atoms with Crippen molar-refractivity contribution >= 4 is 0 Å². The Morgan fingerprint density at radius 2 is 2.12 bits per heavy atom. The zero-order valence-electron chi connectivity index (χ0n) is 12.2. The van der Waals surface area contributed by atoms with Gasteiger partial charge in [-0.25, -0.2) is 0 Å². The van der Waals surface area contributed by atoms with E-state index in [0.29, 0.717) is 24.1 Å². The Morgan fingerprint density at radius 3 is 2.65 bits per heavy atom. The number of ether oxygens (including phenoxy) is 1. The van der Waals surface area contributed by atoms with Crippen molar-refractivity contribution in [3.05, 3.63) is 0 Å². The van der Waals surface area contributed by atoms with Crippen LogP contribution in [0.4, 0.5) is 0 Å². The molecule has 0 aromatic carbocycles. The fourth-order valence-electron chi connectivity index (χ4n) is 2.64. The zero-order valence-corrected chi connectivity index (χ0v) is 12.2. The molecule has 1 aliphatic heterocycles. The lowest BCUT2D eigenvalue weighted by Crippen LogP contribution is -2.47. The maximum Gasteiger partial charge on any atom is 0.0703 e.